The lowest BCUT2D eigenvalue weighted by atomic mass is 10.1. The second kappa shape index (κ2) is 7.90. The fourth-order valence-electron chi connectivity index (χ4n) is 1.60. The fraction of sp³-hybridized carbons (Fsp3) is 0.400. The van der Waals surface area contributed by atoms with E-state index in [-0.39, 0.29) is 5.92 Å². The zero-order chi connectivity index (χ0) is 15.8. The lowest BCUT2D eigenvalue weighted by Gasteiger charge is -2.21. The Hall–Kier alpha value is -2.55. The van der Waals surface area contributed by atoms with Crippen molar-refractivity contribution in [1.29, 1.82) is 5.26 Å². The summed E-state index contributed by atoms with van der Waals surface area (Å²) in [4.78, 5) is 23.8. The van der Waals surface area contributed by atoms with Crippen molar-refractivity contribution in [2.24, 2.45) is 5.92 Å². The molecule has 0 spiro atoms. The first-order chi connectivity index (χ1) is 9.93. The molecule has 1 aromatic rings. The largest absolute Gasteiger partial charge is 0.446 e. The van der Waals surface area contributed by atoms with Crippen molar-refractivity contribution < 1.29 is 14.3 Å². The first kappa shape index (κ1) is 16.5. The van der Waals surface area contributed by atoms with Gasteiger partial charge in [0.2, 0.25) is 0 Å². The Balaban J connectivity index is 2.64. The van der Waals surface area contributed by atoms with Crippen LogP contribution in [-0.2, 0) is 9.53 Å². The minimum atomic E-state index is -0.849. The van der Waals surface area contributed by atoms with Crippen LogP contribution in [0.4, 0.5) is 10.5 Å². The van der Waals surface area contributed by atoms with E-state index in [1.807, 2.05) is 12.1 Å². The second-order valence-corrected chi connectivity index (χ2v) is 4.89. The normalized spacial score (nSPS) is 12.9. The number of ether oxygens (including phenoxy) is 1. The van der Waals surface area contributed by atoms with Crippen LogP contribution in [0, 0.1) is 17.2 Å². The van der Waals surface area contributed by atoms with Gasteiger partial charge in [0.15, 0.2) is 6.10 Å². The van der Waals surface area contributed by atoms with E-state index in [1.165, 1.54) is 6.92 Å². The zero-order valence-corrected chi connectivity index (χ0v) is 12.3. The van der Waals surface area contributed by atoms with Gasteiger partial charge in [0.1, 0.15) is 12.1 Å². The molecule has 21 heavy (non-hydrogen) atoms. The summed E-state index contributed by atoms with van der Waals surface area (Å²) in [6.45, 7) is 5.04. The van der Waals surface area contributed by atoms with Crippen LogP contribution in [-0.4, -0.2) is 24.1 Å². The summed E-state index contributed by atoms with van der Waals surface area (Å²) in [5.41, 5.74) is 0.622. The van der Waals surface area contributed by atoms with Crippen LogP contribution in [0.2, 0.25) is 0 Å². The maximum Gasteiger partial charge on any atom is 0.330 e. The highest BCUT2D eigenvalue weighted by atomic mass is 16.5. The standard InChI is InChI=1S/C15H19N3O3/c1-10(2)13(14(19)21-11(3)9-16)18-15(20)17-12-7-5-4-6-8-12/h4-8,10-11,13H,1-3H3,(H2,17,18,20)/t11-,13-/m1/s1. The topological polar surface area (TPSA) is 91.2 Å². The molecule has 0 aliphatic heterocycles. The summed E-state index contributed by atoms with van der Waals surface area (Å²) in [6.07, 6.45) is -0.849. The summed E-state index contributed by atoms with van der Waals surface area (Å²) in [6, 6.07) is 9.38. The van der Waals surface area contributed by atoms with E-state index in [4.69, 9.17) is 10.00 Å². The molecule has 6 nitrogen and oxygen atoms in total. The van der Waals surface area contributed by atoms with Crippen molar-refractivity contribution in [2.75, 3.05) is 5.32 Å². The number of anilines is 1. The summed E-state index contributed by atoms with van der Waals surface area (Å²) in [5, 5.41) is 13.8. The van der Waals surface area contributed by atoms with Gasteiger partial charge in [-0.1, -0.05) is 32.0 Å². The molecule has 0 unspecified atom stereocenters. The highest BCUT2D eigenvalue weighted by Crippen LogP contribution is 2.08. The Morgan fingerprint density at radius 3 is 2.33 bits per heavy atom. The van der Waals surface area contributed by atoms with E-state index in [1.54, 1.807) is 38.1 Å². The molecule has 2 N–H and O–H groups in total. The Bertz CT molecular complexity index is 523. The maximum atomic E-state index is 11.9. The van der Waals surface area contributed by atoms with Crippen molar-refractivity contribution in [3.63, 3.8) is 0 Å². The summed E-state index contributed by atoms with van der Waals surface area (Å²) in [7, 11) is 0. The van der Waals surface area contributed by atoms with Crippen molar-refractivity contribution in [2.45, 2.75) is 32.9 Å². The lowest BCUT2D eigenvalue weighted by Crippen LogP contribution is -2.47. The number of urea groups is 1. The van der Waals surface area contributed by atoms with Gasteiger partial charge in [-0.15, -0.1) is 0 Å². The average Bonchev–Trinajstić information content (AvgIpc) is 2.45. The Kier molecular flexibility index (Phi) is 6.21. The smallest absolute Gasteiger partial charge is 0.330 e. The van der Waals surface area contributed by atoms with Gasteiger partial charge < -0.3 is 15.4 Å². The molecule has 2 amide bonds. The number of para-hydroxylation sites is 1. The number of nitrogens with one attached hydrogen (secondary N) is 2. The van der Waals surface area contributed by atoms with Gasteiger partial charge >= 0.3 is 12.0 Å². The highest BCUT2D eigenvalue weighted by Gasteiger charge is 2.27. The van der Waals surface area contributed by atoms with Crippen molar-refractivity contribution in [1.82, 2.24) is 5.32 Å². The quantitative estimate of drug-likeness (QED) is 0.813. The summed E-state index contributed by atoms with van der Waals surface area (Å²) >= 11 is 0. The molecule has 0 aliphatic carbocycles. The van der Waals surface area contributed by atoms with E-state index in [0.717, 1.165) is 0 Å². The van der Waals surface area contributed by atoms with Crippen LogP contribution in [0.3, 0.4) is 0 Å². The van der Waals surface area contributed by atoms with Crippen LogP contribution in [0.25, 0.3) is 0 Å². The number of amides is 2. The number of hydrogen-bond acceptors (Lipinski definition) is 4. The van der Waals surface area contributed by atoms with E-state index in [2.05, 4.69) is 10.6 Å². The SMILES string of the molecule is CC(C)[C@@H](NC(=O)Nc1ccccc1)C(=O)O[C@H](C)C#N. The monoisotopic (exact) mass is 289 g/mol. The molecular weight excluding hydrogens is 270 g/mol. The molecule has 1 aromatic carbocycles. The van der Waals surface area contributed by atoms with E-state index < -0.39 is 24.1 Å². The first-order valence-corrected chi connectivity index (χ1v) is 6.66. The molecule has 0 saturated carbocycles. The average molecular weight is 289 g/mol. The first-order valence-electron chi connectivity index (χ1n) is 6.66. The fourth-order valence-corrected chi connectivity index (χ4v) is 1.60. The van der Waals surface area contributed by atoms with E-state index in [0.29, 0.717) is 5.69 Å². The third kappa shape index (κ3) is 5.53. The van der Waals surface area contributed by atoms with Gasteiger partial charge in [-0.25, -0.2) is 9.59 Å². The summed E-state index contributed by atoms with van der Waals surface area (Å²) < 4.78 is 4.93. The third-order valence-corrected chi connectivity index (χ3v) is 2.71. The number of nitrogens with zero attached hydrogens (tertiary/aromatic N) is 1. The molecule has 0 radical (unpaired) electrons. The minimum absolute atomic E-state index is 0.162. The molecule has 6 heteroatoms. The molecule has 0 fully saturated rings. The van der Waals surface area contributed by atoms with Crippen LogP contribution in [0.15, 0.2) is 30.3 Å². The zero-order valence-electron chi connectivity index (χ0n) is 12.3. The lowest BCUT2D eigenvalue weighted by molar-refractivity contribution is -0.149. The van der Waals surface area contributed by atoms with Crippen LogP contribution >= 0.6 is 0 Å². The molecule has 112 valence electrons. The Morgan fingerprint density at radius 2 is 1.81 bits per heavy atom. The molecule has 0 bridgehead atoms. The van der Waals surface area contributed by atoms with Gasteiger partial charge in [0.05, 0.1) is 0 Å². The number of rotatable bonds is 5. The van der Waals surface area contributed by atoms with Crippen LogP contribution < -0.4 is 10.6 Å². The number of carbonyl (C=O) groups is 2. The number of carbonyl (C=O) groups excluding carboxylic acids is 2. The number of hydrogen-bond donors (Lipinski definition) is 2. The number of nitriles is 1. The predicted octanol–water partition coefficient (Wildman–Crippen LogP) is 2.29. The van der Waals surface area contributed by atoms with Gasteiger partial charge in [0.25, 0.3) is 0 Å². The predicted molar refractivity (Wildman–Crippen MR) is 78.4 cm³/mol. The van der Waals surface area contributed by atoms with Crippen LogP contribution in [0.5, 0.6) is 0 Å². The maximum absolute atomic E-state index is 11.9. The highest BCUT2D eigenvalue weighted by molar-refractivity contribution is 5.92. The minimum Gasteiger partial charge on any atom is -0.446 e. The van der Waals surface area contributed by atoms with Crippen LogP contribution in [0.1, 0.15) is 20.8 Å². The van der Waals surface area contributed by atoms with Gasteiger partial charge in [-0.2, -0.15) is 5.26 Å². The Morgan fingerprint density at radius 1 is 1.19 bits per heavy atom. The molecule has 2 atom stereocenters. The molecule has 0 saturated heterocycles. The molecule has 1 rings (SSSR count). The van der Waals surface area contributed by atoms with Gasteiger partial charge in [0, 0.05) is 5.69 Å². The second-order valence-electron chi connectivity index (χ2n) is 4.89. The molecule has 0 heterocycles. The molecular formula is C15H19N3O3. The third-order valence-electron chi connectivity index (χ3n) is 2.71. The Labute approximate surface area is 124 Å². The van der Waals surface area contributed by atoms with Crippen molar-refractivity contribution >= 4 is 17.7 Å². The van der Waals surface area contributed by atoms with E-state index >= 15 is 0 Å². The molecule has 0 aliphatic rings. The van der Waals surface area contributed by atoms with Gasteiger partial charge in [-0.05, 0) is 25.0 Å². The van der Waals surface area contributed by atoms with E-state index in [9.17, 15) is 9.59 Å². The number of benzene rings is 1. The number of esters is 1. The summed E-state index contributed by atoms with van der Waals surface area (Å²) in [5.74, 6) is -0.785. The van der Waals surface area contributed by atoms with Gasteiger partial charge in [-0.3, -0.25) is 0 Å². The molecule has 0 aromatic heterocycles. The van der Waals surface area contributed by atoms with Crippen molar-refractivity contribution in [3.05, 3.63) is 30.3 Å². The van der Waals surface area contributed by atoms with Crippen molar-refractivity contribution in [3.8, 4) is 6.07 Å².